The van der Waals surface area contributed by atoms with E-state index >= 15 is 0 Å². The first-order valence-corrected chi connectivity index (χ1v) is 24.0. The van der Waals surface area contributed by atoms with E-state index in [2.05, 4.69) is 45.2 Å². The fraction of sp³-hybridized carbons (Fsp3) is 0.733. The lowest BCUT2D eigenvalue weighted by Crippen LogP contribution is -2.53. The second-order valence-electron chi connectivity index (χ2n) is 15.3. The van der Waals surface area contributed by atoms with Gasteiger partial charge in [-0.05, 0) is 90.5 Å². The van der Waals surface area contributed by atoms with Gasteiger partial charge in [-0.25, -0.2) is 13.2 Å². The molecular weight excluding hydrogens is 952 g/mol. The van der Waals surface area contributed by atoms with Crippen LogP contribution in [0.4, 0.5) is 22.0 Å². The number of carbonyl (C=O) groups excluding carboxylic acids is 6. The number of nitrogens with one attached hydrogen (secondary N) is 5. The van der Waals surface area contributed by atoms with Crippen LogP contribution in [0.15, 0.2) is 0 Å². The molecule has 0 aliphatic carbocycles. The minimum absolute atomic E-state index is 0.0129. The zero-order chi connectivity index (χ0) is 53.7. The lowest BCUT2D eigenvalue weighted by molar-refractivity contribution is -0.136. The van der Waals surface area contributed by atoms with E-state index in [9.17, 15) is 50.7 Å². The molecule has 0 aromatic heterocycles. The van der Waals surface area contributed by atoms with Crippen LogP contribution in [0.2, 0.25) is 0 Å². The van der Waals surface area contributed by atoms with Crippen LogP contribution < -0.4 is 60.0 Å². The lowest BCUT2D eigenvalue weighted by Gasteiger charge is -2.20. The molecule has 0 spiro atoms. The second-order valence-corrected chi connectivity index (χ2v) is 15.3. The minimum Gasteiger partial charge on any atom is -0.420 e. The number of benzene rings is 1. The monoisotopic (exact) mass is 1030 g/mol. The van der Waals surface area contributed by atoms with E-state index in [0.717, 1.165) is 13.1 Å². The Kier molecular flexibility index (Phi) is 44.7. The molecule has 0 fully saturated rings. The Morgan fingerprint density at radius 2 is 0.845 bits per heavy atom. The summed E-state index contributed by atoms with van der Waals surface area (Å²) in [7, 11) is 0. The second kappa shape index (κ2) is 46.4. The standard InChI is InChI=1S/C37H59F5N8O11.2C4H11N/c38-30-31(39)33(41)35(34(42)32(30)40)61-29(54)9-14-57-16-18-59-20-21-60-19-17-58-15-13-46-27(52)22-47-37(56)25(7-2-4-11-44)50-28(53)23-48-36(55)24(6-1-3-10-43)49-26(51)8-5-12-45;2*1-2-3-4-5/h24-25H,1-23,43-45H2,(H,46,52)(H,47,56)(H,48,55)(H,49,51)(H,50,53);2*2-5H2,1H3. The third-order valence-electron chi connectivity index (χ3n) is 9.29. The Labute approximate surface area is 413 Å². The molecule has 0 aliphatic rings. The van der Waals surface area contributed by atoms with Crippen molar-refractivity contribution < 1.29 is 74.4 Å². The van der Waals surface area contributed by atoms with Crippen LogP contribution in [0.5, 0.6) is 5.75 Å². The normalized spacial score (nSPS) is 11.5. The van der Waals surface area contributed by atoms with Crippen LogP contribution in [0, 0.1) is 29.1 Å². The zero-order valence-corrected chi connectivity index (χ0v) is 41.4. The summed E-state index contributed by atoms with van der Waals surface area (Å²) in [6, 6.07) is -1.88. The van der Waals surface area contributed by atoms with Gasteiger partial charge in [0.1, 0.15) is 12.1 Å². The predicted octanol–water partition coefficient (Wildman–Crippen LogP) is 0.549. The van der Waals surface area contributed by atoms with Gasteiger partial charge in [-0.3, -0.25) is 28.8 Å². The van der Waals surface area contributed by atoms with Crippen LogP contribution in [0.1, 0.15) is 97.3 Å². The third kappa shape index (κ3) is 36.0. The quantitative estimate of drug-likeness (QED) is 0.0108. The molecule has 0 saturated carbocycles. The van der Waals surface area contributed by atoms with Gasteiger partial charge in [-0.2, -0.15) is 8.78 Å². The fourth-order valence-electron chi connectivity index (χ4n) is 5.37. The maximum atomic E-state index is 13.6. The third-order valence-corrected chi connectivity index (χ3v) is 9.29. The molecule has 0 bridgehead atoms. The first-order chi connectivity index (χ1) is 34.1. The van der Waals surface area contributed by atoms with Gasteiger partial charge >= 0.3 is 5.97 Å². The largest absolute Gasteiger partial charge is 0.420 e. The summed E-state index contributed by atoms with van der Waals surface area (Å²) in [5.41, 5.74) is 26.8. The minimum atomic E-state index is -2.38. The van der Waals surface area contributed by atoms with E-state index in [1.165, 1.54) is 25.7 Å². The number of hydrogen-bond acceptors (Lipinski definition) is 16. The highest BCUT2D eigenvalue weighted by Gasteiger charge is 2.29. The first kappa shape index (κ1) is 68.4. The Morgan fingerprint density at radius 1 is 0.451 bits per heavy atom. The molecule has 1 rings (SSSR count). The average Bonchev–Trinajstić information content (AvgIpc) is 3.35. The summed E-state index contributed by atoms with van der Waals surface area (Å²) >= 11 is 0. The smallest absolute Gasteiger partial charge is 0.313 e. The number of ether oxygens (including phenoxy) is 5. The molecular formula is C45H81F5N10O11. The van der Waals surface area contributed by atoms with Crippen LogP contribution >= 0.6 is 0 Å². The molecule has 0 saturated heterocycles. The number of carbonyl (C=O) groups is 6. The molecule has 0 radical (unpaired) electrons. The van der Waals surface area contributed by atoms with E-state index in [4.69, 9.17) is 47.6 Å². The molecule has 71 heavy (non-hydrogen) atoms. The Hall–Kier alpha value is -4.67. The molecule has 21 nitrogen and oxygen atoms in total. The van der Waals surface area contributed by atoms with Gasteiger partial charge in [0.15, 0.2) is 0 Å². The molecule has 1 aromatic rings. The number of rotatable bonds is 39. The van der Waals surface area contributed by atoms with Gasteiger partial charge in [0.25, 0.3) is 0 Å². The van der Waals surface area contributed by atoms with Gasteiger partial charge in [0, 0.05) is 13.0 Å². The Bertz CT molecular complexity index is 1590. The van der Waals surface area contributed by atoms with Crippen molar-refractivity contribution in [1.82, 2.24) is 26.6 Å². The molecule has 2 unspecified atom stereocenters. The topological polar surface area (TPSA) is 339 Å². The number of unbranched alkanes of at least 4 members (excludes halogenated alkanes) is 4. The molecule has 26 heteroatoms. The van der Waals surface area contributed by atoms with Gasteiger partial charge in [-0.1, -0.05) is 26.7 Å². The SMILES string of the molecule is CCCCN.CCCCN.NCCCCC(NC(=O)CCCN)C(=O)NCC(=O)NC(CCCCN)C(=O)NCC(=O)NCCOCCOCCOCCOCCC(=O)Oc1c(F)c(F)c(F)c(F)c1F. The van der Waals surface area contributed by atoms with Gasteiger partial charge in [-0.15, -0.1) is 0 Å². The summed E-state index contributed by atoms with van der Waals surface area (Å²) < 4.78 is 92.1. The van der Waals surface area contributed by atoms with Crippen LogP contribution in [-0.4, -0.2) is 153 Å². The van der Waals surface area contributed by atoms with E-state index in [1.807, 2.05) is 0 Å². The zero-order valence-electron chi connectivity index (χ0n) is 41.4. The molecule has 15 N–H and O–H groups in total. The van der Waals surface area contributed by atoms with Gasteiger partial charge in [0.2, 0.25) is 64.4 Å². The lowest BCUT2D eigenvalue weighted by atomic mass is 10.1. The number of halogens is 5. The van der Waals surface area contributed by atoms with Crippen molar-refractivity contribution in [3.05, 3.63) is 29.1 Å². The maximum absolute atomic E-state index is 13.6. The molecule has 2 atom stereocenters. The van der Waals surface area contributed by atoms with Crippen LogP contribution in [0.3, 0.4) is 0 Å². The molecule has 0 aliphatic heterocycles. The van der Waals surface area contributed by atoms with Gasteiger partial charge in [0.05, 0.1) is 72.4 Å². The first-order valence-electron chi connectivity index (χ1n) is 24.0. The number of amides is 5. The van der Waals surface area contributed by atoms with Crippen molar-refractivity contribution in [2.45, 2.75) is 109 Å². The van der Waals surface area contributed by atoms with E-state index in [-0.39, 0.29) is 84.7 Å². The summed E-state index contributed by atoms with van der Waals surface area (Å²) in [6.07, 6.45) is 7.70. The van der Waals surface area contributed by atoms with E-state index in [1.54, 1.807) is 0 Å². The van der Waals surface area contributed by atoms with Gasteiger partial charge < -0.3 is 78.9 Å². The number of hydrogen-bond donors (Lipinski definition) is 10. The molecule has 412 valence electrons. The van der Waals surface area contributed by atoms with Crippen molar-refractivity contribution >= 4 is 35.5 Å². The number of esters is 1. The Morgan fingerprint density at radius 3 is 1.27 bits per heavy atom. The predicted molar refractivity (Wildman–Crippen MR) is 255 cm³/mol. The fourth-order valence-corrected chi connectivity index (χ4v) is 5.37. The summed E-state index contributed by atoms with van der Waals surface area (Å²) in [4.78, 5) is 74.6. The highest BCUT2D eigenvalue weighted by molar-refractivity contribution is 5.93. The molecule has 0 heterocycles. The van der Waals surface area contributed by atoms with Crippen LogP contribution in [-0.2, 0) is 47.7 Å². The van der Waals surface area contributed by atoms with Crippen molar-refractivity contribution in [3.63, 3.8) is 0 Å². The van der Waals surface area contributed by atoms with Crippen LogP contribution in [0.25, 0.3) is 0 Å². The van der Waals surface area contributed by atoms with Crippen molar-refractivity contribution in [1.29, 1.82) is 0 Å². The summed E-state index contributed by atoms with van der Waals surface area (Å²) in [5, 5.41) is 12.8. The molecule has 1 aromatic carbocycles. The van der Waals surface area contributed by atoms with E-state index in [0.29, 0.717) is 58.2 Å². The average molecular weight is 1030 g/mol. The van der Waals surface area contributed by atoms with Crippen molar-refractivity contribution in [2.75, 3.05) is 105 Å². The number of nitrogens with two attached hydrogens (primary N) is 5. The highest BCUT2D eigenvalue weighted by Crippen LogP contribution is 2.29. The Balaban J connectivity index is 0. The molecule has 5 amide bonds. The van der Waals surface area contributed by atoms with Crippen molar-refractivity contribution in [3.8, 4) is 5.75 Å². The summed E-state index contributed by atoms with van der Waals surface area (Å²) in [6.45, 7) is 7.09. The maximum Gasteiger partial charge on any atom is 0.313 e. The van der Waals surface area contributed by atoms with Crippen molar-refractivity contribution in [2.24, 2.45) is 28.7 Å². The summed E-state index contributed by atoms with van der Waals surface area (Å²) in [5.74, 6) is -17.0. The highest BCUT2D eigenvalue weighted by atomic mass is 19.2. The van der Waals surface area contributed by atoms with E-state index < -0.39 is 89.5 Å².